The predicted molar refractivity (Wildman–Crippen MR) is 121 cm³/mol. The topological polar surface area (TPSA) is 56.7 Å². The summed E-state index contributed by atoms with van der Waals surface area (Å²) >= 11 is 0. The maximum absolute atomic E-state index is 13.0. The number of benzene rings is 2. The Balaban J connectivity index is 1.22. The number of aliphatic hydroxyl groups is 1. The van der Waals surface area contributed by atoms with Gasteiger partial charge in [0.2, 0.25) is 0 Å². The molecule has 2 aromatic carbocycles. The Labute approximate surface area is 183 Å². The number of fused-ring (bicyclic) bond motifs is 2. The van der Waals surface area contributed by atoms with Gasteiger partial charge in [-0.05, 0) is 58.9 Å². The Hall–Kier alpha value is -3.02. The van der Waals surface area contributed by atoms with Crippen LogP contribution in [0.2, 0.25) is 0 Å². The van der Waals surface area contributed by atoms with E-state index >= 15 is 0 Å². The van der Waals surface area contributed by atoms with Crippen molar-refractivity contribution in [1.82, 2.24) is 14.8 Å². The summed E-state index contributed by atoms with van der Waals surface area (Å²) in [6.45, 7) is 3.42. The van der Waals surface area contributed by atoms with Crippen molar-refractivity contribution >= 4 is 5.91 Å². The third-order valence-corrected chi connectivity index (χ3v) is 6.40. The standard InChI is InChI=1S/C26H27N3O2/c30-24(17-28-13-9-19-3-1-2-4-23(19)16-28)18-29-14-10-22-15-21(5-6-25(22)26(29)31)20-7-11-27-12-8-20/h1-8,11-12,15,24,30H,9-10,13-14,16-18H2. The average molecular weight is 414 g/mol. The molecular formula is C26H27N3O2. The highest BCUT2D eigenvalue weighted by atomic mass is 16.3. The van der Waals surface area contributed by atoms with Crippen molar-refractivity contribution in [3.8, 4) is 11.1 Å². The Morgan fingerprint density at radius 1 is 0.871 bits per heavy atom. The predicted octanol–water partition coefficient (Wildman–Crippen LogP) is 3.17. The molecule has 2 aliphatic heterocycles. The number of aromatic nitrogens is 1. The van der Waals surface area contributed by atoms with Gasteiger partial charge in [-0.15, -0.1) is 0 Å². The smallest absolute Gasteiger partial charge is 0.254 e. The van der Waals surface area contributed by atoms with E-state index < -0.39 is 6.10 Å². The minimum atomic E-state index is -0.549. The first kappa shape index (κ1) is 19.9. The van der Waals surface area contributed by atoms with Crippen LogP contribution >= 0.6 is 0 Å². The first-order valence-electron chi connectivity index (χ1n) is 11.0. The fourth-order valence-corrected chi connectivity index (χ4v) is 4.75. The van der Waals surface area contributed by atoms with Crippen LogP contribution in [0.5, 0.6) is 0 Å². The molecular weight excluding hydrogens is 386 g/mol. The fraction of sp³-hybridized carbons (Fsp3) is 0.308. The number of pyridine rings is 1. The zero-order valence-corrected chi connectivity index (χ0v) is 17.6. The van der Waals surface area contributed by atoms with Gasteiger partial charge in [-0.25, -0.2) is 0 Å². The van der Waals surface area contributed by atoms with Gasteiger partial charge in [-0.2, -0.15) is 0 Å². The van der Waals surface area contributed by atoms with Crippen molar-refractivity contribution in [2.45, 2.75) is 25.5 Å². The Morgan fingerprint density at radius 2 is 1.65 bits per heavy atom. The summed E-state index contributed by atoms with van der Waals surface area (Å²) < 4.78 is 0. The van der Waals surface area contributed by atoms with Gasteiger partial charge in [0.1, 0.15) is 0 Å². The summed E-state index contributed by atoms with van der Waals surface area (Å²) in [6, 6.07) is 18.5. The first-order valence-corrected chi connectivity index (χ1v) is 11.0. The van der Waals surface area contributed by atoms with E-state index in [1.807, 2.05) is 24.3 Å². The van der Waals surface area contributed by atoms with Crippen LogP contribution in [0, 0.1) is 0 Å². The van der Waals surface area contributed by atoms with E-state index in [9.17, 15) is 9.90 Å². The lowest BCUT2D eigenvalue weighted by molar-refractivity contribution is 0.0493. The molecule has 2 aliphatic rings. The number of carbonyl (C=O) groups is 1. The second kappa shape index (κ2) is 8.61. The van der Waals surface area contributed by atoms with E-state index in [1.54, 1.807) is 17.3 Å². The number of rotatable bonds is 5. The van der Waals surface area contributed by atoms with Gasteiger partial charge in [0.05, 0.1) is 6.10 Å². The number of carbonyl (C=O) groups excluding carboxylic acids is 1. The second-order valence-electron chi connectivity index (χ2n) is 8.52. The minimum Gasteiger partial charge on any atom is -0.390 e. The van der Waals surface area contributed by atoms with Gasteiger partial charge in [0, 0.05) is 50.7 Å². The number of β-amino-alcohol motifs (C(OH)–C–C–N with tert-alkyl or cyclic N) is 1. The summed E-state index contributed by atoms with van der Waals surface area (Å²) in [5.74, 6) is 0.0190. The van der Waals surface area contributed by atoms with Crippen molar-refractivity contribution < 1.29 is 9.90 Å². The Kier molecular flexibility index (Phi) is 5.53. The Bertz CT molecular complexity index is 1080. The molecule has 5 heteroatoms. The third kappa shape index (κ3) is 4.24. The van der Waals surface area contributed by atoms with Crippen LogP contribution in [-0.2, 0) is 19.4 Å². The van der Waals surface area contributed by atoms with E-state index in [1.165, 1.54) is 11.1 Å². The molecule has 0 radical (unpaired) electrons. The van der Waals surface area contributed by atoms with Crippen LogP contribution in [0.25, 0.3) is 11.1 Å². The van der Waals surface area contributed by atoms with Crippen LogP contribution in [0.15, 0.2) is 67.0 Å². The molecule has 0 aliphatic carbocycles. The molecule has 0 saturated carbocycles. The van der Waals surface area contributed by atoms with Gasteiger partial charge >= 0.3 is 0 Å². The van der Waals surface area contributed by atoms with E-state index in [2.05, 4.69) is 40.2 Å². The van der Waals surface area contributed by atoms with Crippen molar-refractivity contribution in [1.29, 1.82) is 0 Å². The third-order valence-electron chi connectivity index (χ3n) is 6.40. The average Bonchev–Trinajstić information content (AvgIpc) is 2.81. The monoisotopic (exact) mass is 413 g/mol. The molecule has 31 heavy (non-hydrogen) atoms. The van der Waals surface area contributed by atoms with Crippen LogP contribution in [0.1, 0.15) is 27.0 Å². The van der Waals surface area contributed by atoms with E-state index in [-0.39, 0.29) is 5.91 Å². The van der Waals surface area contributed by atoms with Crippen LogP contribution in [0.3, 0.4) is 0 Å². The molecule has 0 bridgehead atoms. The molecule has 1 atom stereocenters. The molecule has 1 aromatic heterocycles. The van der Waals surface area contributed by atoms with Gasteiger partial charge in [-0.1, -0.05) is 36.4 Å². The largest absolute Gasteiger partial charge is 0.390 e. The van der Waals surface area contributed by atoms with E-state index in [0.717, 1.165) is 48.2 Å². The molecule has 5 nitrogen and oxygen atoms in total. The summed E-state index contributed by atoms with van der Waals surface area (Å²) in [4.78, 5) is 21.2. The summed E-state index contributed by atoms with van der Waals surface area (Å²) in [5, 5.41) is 10.7. The molecule has 0 spiro atoms. The summed E-state index contributed by atoms with van der Waals surface area (Å²) in [5.41, 5.74) is 6.79. The Morgan fingerprint density at radius 3 is 2.48 bits per heavy atom. The maximum Gasteiger partial charge on any atom is 0.254 e. The summed E-state index contributed by atoms with van der Waals surface area (Å²) in [7, 11) is 0. The van der Waals surface area contributed by atoms with Gasteiger partial charge < -0.3 is 10.0 Å². The van der Waals surface area contributed by atoms with Crippen molar-refractivity contribution in [2.75, 3.05) is 26.2 Å². The molecule has 158 valence electrons. The molecule has 3 heterocycles. The summed E-state index contributed by atoms with van der Waals surface area (Å²) in [6.07, 6.45) is 4.84. The van der Waals surface area contributed by atoms with Crippen molar-refractivity contribution in [3.05, 3.63) is 89.2 Å². The van der Waals surface area contributed by atoms with Gasteiger partial charge in [0.15, 0.2) is 0 Å². The molecule has 0 fully saturated rings. The second-order valence-corrected chi connectivity index (χ2v) is 8.52. The highest BCUT2D eigenvalue weighted by Gasteiger charge is 2.27. The van der Waals surface area contributed by atoms with Crippen molar-refractivity contribution in [2.24, 2.45) is 0 Å². The van der Waals surface area contributed by atoms with Crippen LogP contribution < -0.4 is 0 Å². The van der Waals surface area contributed by atoms with Crippen molar-refractivity contribution in [3.63, 3.8) is 0 Å². The maximum atomic E-state index is 13.0. The fourth-order valence-electron chi connectivity index (χ4n) is 4.75. The normalized spacial score (nSPS) is 17.2. The van der Waals surface area contributed by atoms with Gasteiger partial charge in [0.25, 0.3) is 5.91 Å². The van der Waals surface area contributed by atoms with Crippen LogP contribution in [0.4, 0.5) is 0 Å². The van der Waals surface area contributed by atoms with E-state index in [4.69, 9.17) is 0 Å². The zero-order chi connectivity index (χ0) is 21.2. The highest BCUT2D eigenvalue weighted by molar-refractivity contribution is 5.97. The first-order chi connectivity index (χ1) is 15.2. The molecule has 5 rings (SSSR count). The quantitative estimate of drug-likeness (QED) is 0.698. The SMILES string of the molecule is O=C1c2ccc(-c3ccncc3)cc2CCN1CC(O)CN1CCc2ccccc2C1. The number of nitrogens with zero attached hydrogens (tertiary/aromatic N) is 3. The molecule has 0 saturated heterocycles. The minimum absolute atomic E-state index is 0.0190. The number of amides is 1. The number of hydrogen-bond donors (Lipinski definition) is 1. The van der Waals surface area contributed by atoms with Crippen LogP contribution in [-0.4, -0.2) is 58.1 Å². The molecule has 1 N–H and O–H groups in total. The lowest BCUT2D eigenvalue weighted by Gasteiger charge is -2.34. The molecule has 1 unspecified atom stereocenters. The lowest BCUT2D eigenvalue weighted by atomic mass is 9.94. The van der Waals surface area contributed by atoms with Gasteiger partial charge in [-0.3, -0.25) is 14.7 Å². The molecule has 1 amide bonds. The lowest BCUT2D eigenvalue weighted by Crippen LogP contribution is -2.46. The number of aliphatic hydroxyl groups excluding tert-OH is 1. The highest BCUT2D eigenvalue weighted by Crippen LogP contribution is 2.26. The zero-order valence-electron chi connectivity index (χ0n) is 17.6. The van der Waals surface area contributed by atoms with E-state index in [0.29, 0.717) is 19.6 Å². The number of hydrogen-bond acceptors (Lipinski definition) is 4. The molecule has 3 aromatic rings.